The van der Waals surface area contributed by atoms with E-state index in [4.69, 9.17) is 4.74 Å². The van der Waals surface area contributed by atoms with Crippen molar-refractivity contribution < 1.29 is 18.7 Å². The second-order valence-electron chi connectivity index (χ2n) is 8.16. The highest BCUT2D eigenvalue weighted by atomic mass is 19.1. The maximum atomic E-state index is 13.8. The summed E-state index contributed by atoms with van der Waals surface area (Å²) < 4.78 is 19.5. The minimum Gasteiger partial charge on any atom is -0.356 e. The Hall–Kier alpha value is -1.99. The molecule has 152 valence electrons. The molecule has 2 aliphatic heterocycles. The summed E-state index contributed by atoms with van der Waals surface area (Å²) in [5, 5.41) is 0. The Bertz CT molecular complexity index is 739. The molecule has 0 spiro atoms. The van der Waals surface area contributed by atoms with E-state index < -0.39 is 12.1 Å². The van der Waals surface area contributed by atoms with Gasteiger partial charge >= 0.3 is 0 Å². The molecule has 4 rings (SSSR count). The number of rotatable bonds is 4. The third kappa shape index (κ3) is 4.20. The molecule has 1 aliphatic carbocycles. The SMILES string of the molecule is CN1C(=O)COC(C(=O)N2CCCN(CC3CC3)CC2)C1c1cccc(F)c1. The summed E-state index contributed by atoms with van der Waals surface area (Å²) in [4.78, 5) is 31.3. The maximum absolute atomic E-state index is 13.8. The molecule has 0 bridgehead atoms. The van der Waals surface area contributed by atoms with E-state index in [1.807, 2.05) is 4.90 Å². The van der Waals surface area contributed by atoms with Crippen LogP contribution in [0.25, 0.3) is 0 Å². The Labute approximate surface area is 165 Å². The van der Waals surface area contributed by atoms with Crippen LogP contribution < -0.4 is 0 Å². The third-order valence-corrected chi connectivity index (χ3v) is 6.03. The zero-order valence-electron chi connectivity index (χ0n) is 16.3. The van der Waals surface area contributed by atoms with Crippen molar-refractivity contribution >= 4 is 11.8 Å². The van der Waals surface area contributed by atoms with Crippen molar-refractivity contribution in [3.63, 3.8) is 0 Å². The van der Waals surface area contributed by atoms with E-state index in [1.165, 1.54) is 29.9 Å². The summed E-state index contributed by atoms with van der Waals surface area (Å²) >= 11 is 0. The van der Waals surface area contributed by atoms with E-state index in [9.17, 15) is 14.0 Å². The van der Waals surface area contributed by atoms with Crippen molar-refractivity contribution in [2.45, 2.75) is 31.4 Å². The van der Waals surface area contributed by atoms with Crippen LogP contribution in [-0.2, 0) is 14.3 Å². The molecule has 6 nitrogen and oxygen atoms in total. The fourth-order valence-corrected chi connectivity index (χ4v) is 4.23. The van der Waals surface area contributed by atoms with Crippen molar-refractivity contribution in [3.8, 4) is 0 Å². The van der Waals surface area contributed by atoms with Crippen LogP contribution >= 0.6 is 0 Å². The number of morpholine rings is 1. The molecule has 1 saturated carbocycles. The number of halogens is 1. The van der Waals surface area contributed by atoms with Crippen LogP contribution in [0.15, 0.2) is 24.3 Å². The summed E-state index contributed by atoms with van der Waals surface area (Å²) in [7, 11) is 1.65. The molecule has 1 aromatic rings. The average Bonchev–Trinajstić information content (AvgIpc) is 3.51. The molecule has 2 heterocycles. The zero-order valence-corrected chi connectivity index (χ0v) is 16.3. The first-order valence-corrected chi connectivity index (χ1v) is 10.2. The largest absolute Gasteiger partial charge is 0.356 e. The number of hydrogen-bond donors (Lipinski definition) is 0. The molecule has 0 radical (unpaired) electrons. The van der Waals surface area contributed by atoms with Crippen LogP contribution in [0, 0.1) is 11.7 Å². The van der Waals surface area contributed by atoms with Crippen LogP contribution in [0.2, 0.25) is 0 Å². The van der Waals surface area contributed by atoms with Crippen LogP contribution in [-0.4, -0.2) is 79.0 Å². The standard InChI is InChI=1S/C21H28FN3O3/c1-23-18(26)14-28-20(19(23)16-4-2-5-17(22)12-16)21(27)25-9-3-8-24(10-11-25)13-15-6-7-15/h2,4-5,12,15,19-20H,3,6-11,13-14H2,1H3. The Kier molecular flexibility index (Phi) is 5.64. The third-order valence-electron chi connectivity index (χ3n) is 6.03. The van der Waals surface area contributed by atoms with E-state index in [-0.39, 0.29) is 24.2 Å². The molecule has 2 amide bonds. The van der Waals surface area contributed by atoms with E-state index in [2.05, 4.69) is 4.90 Å². The molecular formula is C21H28FN3O3. The monoisotopic (exact) mass is 389 g/mol. The van der Waals surface area contributed by atoms with Gasteiger partial charge in [-0.15, -0.1) is 0 Å². The van der Waals surface area contributed by atoms with Gasteiger partial charge in [-0.05, 0) is 49.4 Å². The van der Waals surface area contributed by atoms with Gasteiger partial charge in [0.15, 0.2) is 6.10 Å². The number of carbonyl (C=O) groups is 2. The minimum atomic E-state index is -0.806. The maximum Gasteiger partial charge on any atom is 0.254 e. The molecular weight excluding hydrogens is 361 g/mol. The second kappa shape index (κ2) is 8.17. The van der Waals surface area contributed by atoms with Gasteiger partial charge in [0.25, 0.3) is 5.91 Å². The lowest BCUT2D eigenvalue weighted by Crippen LogP contribution is -2.54. The molecule has 3 fully saturated rings. The lowest BCUT2D eigenvalue weighted by Gasteiger charge is -2.40. The van der Waals surface area contributed by atoms with Gasteiger partial charge in [0, 0.05) is 33.2 Å². The van der Waals surface area contributed by atoms with Crippen LogP contribution in [0.5, 0.6) is 0 Å². The molecule has 0 N–H and O–H groups in total. The molecule has 28 heavy (non-hydrogen) atoms. The predicted octanol–water partition coefficient (Wildman–Crippen LogP) is 1.67. The van der Waals surface area contributed by atoms with E-state index in [0.29, 0.717) is 18.7 Å². The average molecular weight is 389 g/mol. The van der Waals surface area contributed by atoms with E-state index in [0.717, 1.165) is 32.0 Å². The van der Waals surface area contributed by atoms with Gasteiger partial charge in [0.2, 0.25) is 5.91 Å². The highest BCUT2D eigenvalue weighted by molar-refractivity contribution is 5.86. The molecule has 7 heteroatoms. The minimum absolute atomic E-state index is 0.109. The fourth-order valence-electron chi connectivity index (χ4n) is 4.23. The molecule has 0 aromatic heterocycles. The zero-order chi connectivity index (χ0) is 19.7. The van der Waals surface area contributed by atoms with Crippen molar-refractivity contribution in [3.05, 3.63) is 35.6 Å². The highest BCUT2D eigenvalue weighted by Gasteiger charge is 2.42. The second-order valence-corrected chi connectivity index (χ2v) is 8.16. The first-order chi connectivity index (χ1) is 13.5. The van der Waals surface area contributed by atoms with Crippen molar-refractivity contribution in [2.75, 3.05) is 46.4 Å². The van der Waals surface area contributed by atoms with Gasteiger partial charge in [-0.25, -0.2) is 4.39 Å². The first-order valence-electron chi connectivity index (χ1n) is 10.2. The van der Waals surface area contributed by atoms with Crippen molar-refractivity contribution in [2.24, 2.45) is 5.92 Å². The van der Waals surface area contributed by atoms with Gasteiger partial charge in [-0.3, -0.25) is 9.59 Å². The van der Waals surface area contributed by atoms with Crippen LogP contribution in [0.3, 0.4) is 0 Å². The first kappa shape index (κ1) is 19.3. The van der Waals surface area contributed by atoms with Crippen LogP contribution in [0.1, 0.15) is 30.9 Å². The Morgan fingerprint density at radius 1 is 1.21 bits per heavy atom. The van der Waals surface area contributed by atoms with E-state index in [1.54, 1.807) is 19.2 Å². The number of carbonyl (C=O) groups excluding carboxylic acids is 2. The number of hydrogen-bond acceptors (Lipinski definition) is 4. The molecule has 1 aromatic carbocycles. The quantitative estimate of drug-likeness (QED) is 0.786. The van der Waals surface area contributed by atoms with Crippen molar-refractivity contribution in [1.82, 2.24) is 14.7 Å². The summed E-state index contributed by atoms with van der Waals surface area (Å²) in [6.07, 6.45) is 2.78. The van der Waals surface area contributed by atoms with Gasteiger partial charge < -0.3 is 19.4 Å². The smallest absolute Gasteiger partial charge is 0.254 e. The summed E-state index contributed by atoms with van der Waals surface area (Å²) in [5.41, 5.74) is 0.582. The summed E-state index contributed by atoms with van der Waals surface area (Å²) in [6.45, 7) is 4.24. The molecule has 2 atom stereocenters. The lowest BCUT2D eigenvalue weighted by molar-refractivity contribution is -0.167. The molecule has 2 saturated heterocycles. The van der Waals surface area contributed by atoms with Crippen LogP contribution in [0.4, 0.5) is 4.39 Å². The van der Waals surface area contributed by atoms with Gasteiger partial charge in [-0.1, -0.05) is 12.1 Å². The summed E-state index contributed by atoms with van der Waals surface area (Å²) in [6, 6.07) is 5.46. The topological polar surface area (TPSA) is 53.1 Å². The lowest BCUT2D eigenvalue weighted by atomic mass is 9.97. The number of nitrogens with zero attached hydrogens (tertiary/aromatic N) is 3. The number of ether oxygens (including phenoxy) is 1. The number of likely N-dealkylation sites (N-methyl/N-ethyl adjacent to an activating group) is 1. The number of benzene rings is 1. The normalized spacial score (nSPS) is 27.0. The van der Waals surface area contributed by atoms with Gasteiger partial charge in [-0.2, -0.15) is 0 Å². The highest BCUT2D eigenvalue weighted by Crippen LogP contribution is 2.32. The summed E-state index contributed by atoms with van der Waals surface area (Å²) in [5.74, 6) is 0.133. The van der Waals surface area contributed by atoms with Crippen molar-refractivity contribution in [1.29, 1.82) is 0 Å². The van der Waals surface area contributed by atoms with E-state index >= 15 is 0 Å². The molecule has 3 aliphatic rings. The fraction of sp³-hybridized carbons (Fsp3) is 0.619. The number of amides is 2. The predicted molar refractivity (Wildman–Crippen MR) is 102 cm³/mol. The van der Waals surface area contributed by atoms with Gasteiger partial charge in [0.05, 0.1) is 6.04 Å². The van der Waals surface area contributed by atoms with Gasteiger partial charge in [0.1, 0.15) is 12.4 Å². The Balaban J connectivity index is 1.50. The Morgan fingerprint density at radius 3 is 2.79 bits per heavy atom. The molecule has 2 unspecified atom stereocenters. The Morgan fingerprint density at radius 2 is 2.04 bits per heavy atom.